The Kier molecular flexibility index (Phi) is 3.67. The Labute approximate surface area is 126 Å². The van der Waals surface area contributed by atoms with Gasteiger partial charge in [0.1, 0.15) is 17.2 Å². The second-order valence-electron chi connectivity index (χ2n) is 3.64. The fraction of sp³-hybridized carbons (Fsp3) is 0.0833. The topological polar surface area (TPSA) is 50.7 Å². The molecule has 96 valence electrons. The highest BCUT2D eigenvalue weighted by Crippen LogP contribution is 2.38. The maximum absolute atomic E-state index is 4.58. The second kappa shape index (κ2) is 5.44. The molecular formula is C12H9BrN4S2. The number of nitrogens with zero attached hydrogens (tertiary/aromatic N) is 3. The molecule has 4 nitrogen and oxygen atoms in total. The second-order valence-corrected chi connectivity index (χ2v) is 6.70. The predicted octanol–water partition coefficient (Wildman–Crippen LogP) is 4.04. The predicted molar refractivity (Wildman–Crippen MR) is 83.0 cm³/mol. The maximum atomic E-state index is 4.58. The van der Waals surface area contributed by atoms with Crippen molar-refractivity contribution in [3.63, 3.8) is 0 Å². The van der Waals surface area contributed by atoms with Gasteiger partial charge in [0.25, 0.3) is 0 Å². The monoisotopic (exact) mass is 352 g/mol. The van der Waals surface area contributed by atoms with Crippen LogP contribution >= 0.6 is 39.0 Å². The molecule has 0 atom stereocenters. The molecule has 0 spiro atoms. The lowest BCUT2D eigenvalue weighted by Gasteiger charge is -2.04. The Bertz CT molecular complexity index is 696. The Morgan fingerprint density at radius 3 is 2.89 bits per heavy atom. The van der Waals surface area contributed by atoms with E-state index in [0.29, 0.717) is 0 Å². The van der Waals surface area contributed by atoms with Crippen molar-refractivity contribution in [2.75, 3.05) is 12.4 Å². The number of fused-ring (bicyclic) bond motifs is 1. The number of nitrogens with one attached hydrogen (secondary N) is 1. The summed E-state index contributed by atoms with van der Waals surface area (Å²) in [6, 6.07) is 8.11. The first-order valence-electron chi connectivity index (χ1n) is 5.49. The van der Waals surface area contributed by atoms with Gasteiger partial charge in [0.05, 0.1) is 14.7 Å². The zero-order valence-corrected chi connectivity index (χ0v) is 13.1. The van der Waals surface area contributed by atoms with Crippen LogP contribution < -0.4 is 5.32 Å². The smallest absolute Gasteiger partial charge is 0.157 e. The molecule has 3 rings (SSSR count). The SMILES string of the molecule is CNc1ncnc(Sc2nc3ccccc3s2)c1Br. The van der Waals surface area contributed by atoms with Crippen LogP contribution in [0.4, 0.5) is 5.82 Å². The van der Waals surface area contributed by atoms with E-state index in [9.17, 15) is 0 Å². The van der Waals surface area contributed by atoms with Crippen LogP contribution in [0.15, 0.2) is 44.4 Å². The van der Waals surface area contributed by atoms with Crippen molar-refractivity contribution in [2.45, 2.75) is 9.37 Å². The van der Waals surface area contributed by atoms with Crippen LogP contribution in [0.5, 0.6) is 0 Å². The average Bonchev–Trinajstić information content (AvgIpc) is 2.83. The molecule has 2 heterocycles. The van der Waals surface area contributed by atoms with Gasteiger partial charge in [-0.1, -0.05) is 12.1 Å². The molecule has 1 N–H and O–H groups in total. The van der Waals surface area contributed by atoms with Crippen LogP contribution in [0.25, 0.3) is 10.2 Å². The van der Waals surface area contributed by atoms with Gasteiger partial charge in [-0.2, -0.15) is 0 Å². The third kappa shape index (κ3) is 2.58. The number of thiazole rings is 1. The van der Waals surface area contributed by atoms with Crippen LogP contribution in [0.1, 0.15) is 0 Å². The van der Waals surface area contributed by atoms with E-state index in [2.05, 4.69) is 42.3 Å². The Balaban J connectivity index is 1.96. The van der Waals surface area contributed by atoms with Gasteiger partial charge in [-0.05, 0) is 39.8 Å². The highest BCUT2D eigenvalue weighted by molar-refractivity contribution is 9.10. The van der Waals surface area contributed by atoms with E-state index in [-0.39, 0.29) is 0 Å². The summed E-state index contributed by atoms with van der Waals surface area (Å²) in [7, 11) is 1.83. The van der Waals surface area contributed by atoms with E-state index in [1.54, 1.807) is 17.7 Å². The molecule has 0 aliphatic rings. The van der Waals surface area contributed by atoms with Gasteiger partial charge >= 0.3 is 0 Å². The molecule has 0 radical (unpaired) electrons. The number of rotatable bonds is 3. The summed E-state index contributed by atoms with van der Waals surface area (Å²) in [5.74, 6) is 0.776. The number of anilines is 1. The fourth-order valence-corrected chi connectivity index (χ4v) is 4.19. The van der Waals surface area contributed by atoms with E-state index in [1.165, 1.54) is 16.5 Å². The molecule has 0 amide bonds. The van der Waals surface area contributed by atoms with Gasteiger partial charge in [-0.3, -0.25) is 0 Å². The summed E-state index contributed by atoms with van der Waals surface area (Å²) in [5.41, 5.74) is 1.02. The van der Waals surface area contributed by atoms with Crippen molar-refractivity contribution in [3.05, 3.63) is 35.1 Å². The zero-order valence-electron chi connectivity index (χ0n) is 9.92. The zero-order chi connectivity index (χ0) is 13.2. The number of benzene rings is 1. The standard InChI is InChI=1S/C12H9BrN4S2/c1-14-10-9(13)11(16-6-15-10)19-12-17-7-4-2-3-5-8(7)18-12/h2-6H,1H3,(H,14,15,16). The van der Waals surface area contributed by atoms with Gasteiger partial charge in [0, 0.05) is 7.05 Å². The third-order valence-corrected chi connectivity index (χ3v) is 5.57. The van der Waals surface area contributed by atoms with Gasteiger partial charge in [-0.15, -0.1) is 11.3 Å². The first kappa shape index (κ1) is 12.8. The lowest BCUT2D eigenvalue weighted by molar-refractivity contribution is 1.02. The molecule has 0 aliphatic heterocycles. The molecule has 0 aliphatic carbocycles. The minimum Gasteiger partial charge on any atom is -0.372 e. The maximum Gasteiger partial charge on any atom is 0.157 e. The van der Waals surface area contributed by atoms with Gasteiger partial charge < -0.3 is 5.32 Å². The molecule has 0 bridgehead atoms. The van der Waals surface area contributed by atoms with Crippen LogP contribution in [0.3, 0.4) is 0 Å². The van der Waals surface area contributed by atoms with Gasteiger partial charge in [0.2, 0.25) is 0 Å². The van der Waals surface area contributed by atoms with Crippen molar-refractivity contribution in [1.82, 2.24) is 15.0 Å². The molecule has 3 aromatic rings. The first-order chi connectivity index (χ1) is 9.28. The van der Waals surface area contributed by atoms with E-state index in [0.717, 1.165) is 25.2 Å². The molecular weight excluding hydrogens is 344 g/mol. The van der Waals surface area contributed by atoms with Crippen molar-refractivity contribution >= 4 is 55.1 Å². The number of para-hydroxylation sites is 1. The fourth-order valence-electron chi connectivity index (χ4n) is 1.58. The molecule has 1 aromatic carbocycles. The molecule has 7 heteroatoms. The molecule has 0 saturated heterocycles. The Morgan fingerprint density at radius 2 is 2.11 bits per heavy atom. The summed E-state index contributed by atoms with van der Waals surface area (Å²) in [4.78, 5) is 13.0. The van der Waals surface area contributed by atoms with E-state index in [1.807, 2.05) is 25.2 Å². The van der Waals surface area contributed by atoms with E-state index >= 15 is 0 Å². The van der Waals surface area contributed by atoms with Crippen LogP contribution in [-0.2, 0) is 0 Å². The summed E-state index contributed by atoms with van der Waals surface area (Å²) >= 11 is 6.71. The minimum absolute atomic E-state index is 0.776. The molecule has 19 heavy (non-hydrogen) atoms. The van der Waals surface area contributed by atoms with Crippen molar-refractivity contribution < 1.29 is 0 Å². The highest BCUT2D eigenvalue weighted by atomic mass is 79.9. The van der Waals surface area contributed by atoms with Crippen molar-refractivity contribution in [2.24, 2.45) is 0 Å². The summed E-state index contributed by atoms with van der Waals surface area (Å²) in [6.07, 6.45) is 1.55. The van der Waals surface area contributed by atoms with Gasteiger partial charge in [0.15, 0.2) is 4.34 Å². The average molecular weight is 353 g/mol. The number of halogens is 1. The Morgan fingerprint density at radius 1 is 1.26 bits per heavy atom. The van der Waals surface area contributed by atoms with Crippen LogP contribution in [0, 0.1) is 0 Å². The molecule has 0 saturated carbocycles. The largest absolute Gasteiger partial charge is 0.372 e. The molecule has 0 unspecified atom stereocenters. The quantitative estimate of drug-likeness (QED) is 0.720. The lowest BCUT2D eigenvalue weighted by Crippen LogP contribution is -1.95. The van der Waals surface area contributed by atoms with E-state index < -0.39 is 0 Å². The summed E-state index contributed by atoms with van der Waals surface area (Å²) in [5, 5.41) is 3.88. The van der Waals surface area contributed by atoms with Crippen LogP contribution in [0.2, 0.25) is 0 Å². The normalized spacial score (nSPS) is 10.8. The van der Waals surface area contributed by atoms with Crippen molar-refractivity contribution in [1.29, 1.82) is 0 Å². The third-order valence-electron chi connectivity index (χ3n) is 2.45. The number of aromatic nitrogens is 3. The van der Waals surface area contributed by atoms with Gasteiger partial charge in [-0.25, -0.2) is 15.0 Å². The summed E-state index contributed by atoms with van der Waals surface area (Å²) < 4.78 is 3.02. The molecule has 2 aromatic heterocycles. The lowest BCUT2D eigenvalue weighted by atomic mass is 10.3. The van der Waals surface area contributed by atoms with Crippen molar-refractivity contribution in [3.8, 4) is 0 Å². The van der Waals surface area contributed by atoms with Crippen LogP contribution in [-0.4, -0.2) is 22.0 Å². The number of hydrogen-bond acceptors (Lipinski definition) is 6. The van der Waals surface area contributed by atoms with E-state index in [4.69, 9.17) is 0 Å². The molecule has 0 fully saturated rings. The number of hydrogen-bond donors (Lipinski definition) is 1. The summed E-state index contributed by atoms with van der Waals surface area (Å²) in [6.45, 7) is 0. The Hall–Kier alpha value is -1.18. The highest BCUT2D eigenvalue weighted by Gasteiger charge is 2.12. The minimum atomic E-state index is 0.776. The first-order valence-corrected chi connectivity index (χ1v) is 7.92.